The Morgan fingerprint density at radius 2 is 2.24 bits per heavy atom. The summed E-state index contributed by atoms with van der Waals surface area (Å²) in [6.45, 7) is 4.69. The van der Waals surface area contributed by atoms with E-state index in [4.69, 9.17) is 4.74 Å². The van der Waals surface area contributed by atoms with Crippen LogP contribution >= 0.6 is 0 Å². The van der Waals surface area contributed by atoms with Crippen LogP contribution < -0.4 is 5.32 Å². The maximum absolute atomic E-state index is 13.7. The highest BCUT2D eigenvalue weighted by Gasteiger charge is 2.23. The van der Waals surface area contributed by atoms with E-state index in [9.17, 15) is 4.39 Å². The molecule has 0 radical (unpaired) electrons. The van der Waals surface area contributed by atoms with Crippen LogP contribution in [0.5, 0.6) is 0 Å². The van der Waals surface area contributed by atoms with Gasteiger partial charge in [0.05, 0.1) is 18.3 Å². The fraction of sp³-hybridized carbons (Fsp3) is 0.615. The topological polar surface area (TPSA) is 34.1 Å². The molecule has 0 aliphatic rings. The lowest BCUT2D eigenvalue weighted by Crippen LogP contribution is -2.32. The second kappa shape index (κ2) is 7.35. The van der Waals surface area contributed by atoms with Gasteiger partial charge < -0.3 is 10.1 Å². The lowest BCUT2D eigenvalue weighted by Gasteiger charge is -2.27. The zero-order valence-corrected chi connectivity index (χ0v) is 10.7. The maximum Gasteiger partial charge on any atom is 0.146 e. The van der Waals surface area contributed by atoms with Crippen LogP contribution in [0.4, 0.5) is 4.39 Å². The van der Waals surface area contributed by atoms with E-state index in [0.717, 1.165) is 12.8 Å². The van der Waals surface area contributed by atoms with Gasteiger partial charge in [0.1, 0.15) is 5.82 Å². The number of hydrogen-bond donors (Lipinski definition) is 1. The monoisotopic (exact) mass is 240 g/mol. The van der Waals surface area contributed by atoms with Crippen LogP contribution in [-0.4, -0.2) is 24.7 Å². The van der Waals surface area contributed by atoms with Crippen molar-refractivity contribution in [2.75, 3.05) is 13.7 Å². The molecule has 4 heteroatoms. The summed E-state index contributed by atoms with van der Waals surface area (Å²) >= 11 is 0. The lowest BCUT2D eigenvalue weighted by molar-refractivity contribution is 0.0286. The molecule has 0 aliphatic heterocycles. The summed E-state index contributed by atoms with van der Waals surface area (Å²) in [5, 5.41) is 3.14. The molecular weight excluding hydrogens is 219 g/mol. The average Bonchev–Trinajstić information content (AvgIpc) is 2.33. The largest absolute Gasteiger partial charge is 0.377 e. The van der Waals surface area contributed by atoms with E-state index >= 15 is 0 Å². The zero-order valence-electron chi connectivity index (χ0n) is 10.7. The number of pyridine rings is 1. The second-order valence-corrected chi connectivity index (χ2v) is 3.95. The van der Waals surface area contributed by atoms with Crippen molar-refractivity contribution in [1.29, 1.82) is 0 Å². The van der Waals surface area contributed by atoms with Crippen molar-refractivity contribution >= 4 is 0 Å². The van der Waals surface area contributed by atoms with Gasteiger partial charge in [-0.25, -0.2) is 4.39 Å². The number of ether oxygens (including phenoxy) is 1. The standard InChI is InChI=1S/C13H21FN2O/c1-4-6-12(17-5-2)13(15-3)10-7-8-16-9-11(10)14/h7-9,12-13,15H,4-6H2,1-3H3. The normalized spacial score (nSPS) is 14.6. The van der Waals surface area contributed by atoms with E-state index in [1.807, 2.05) is 14.0 Å². The van der Waals surface area contributed by atoms with E-state index < -0.39 is 0 Å². The van der Waals surface area contributed by atoms with Crippen molar-refractivity contribution in [2.24, 2.45) is 0 Å². The summed E-state index contributed by atoms with van der Waals surface area (Å²) in [4.78, 5) is 3.77. The molecule has 0 aromatic carbocycles. The smallest absolute Gasteiger partial charge is 0.146 e. The minimum Gasteiger partial charge on any atom is -0.377 e. The summed E-state index contributed by atoms with van der Waals surface area (Å²) in [7, 11) is 1.83. The van der Waals surface area contributed by atoms with E-state index in [1.54, 1.807) is 12.3 Å². The van der Waals surface area contributed by atoms with Crippen LogP contribution in [0, 0.1) is 5.82 Å². The molecule has 0 saturated carbocycles. The first-order chi connectivity index (χ1) is 8.24. The van der Waals surface area contributed by atoms with Gasteiger partial charge in [0.15, 0.2) is 0 Å². The fourth-order valence-electron chi connectivity index (χ4n) is 2.02. The molecule has 0 bridgehead atoms. The molecule has 0 amide bonds. The molecule has 0 spiro atoms. The third-order valence-electron chi connectivity index (χ3n) is 2.78. The molecule has 2 unspecified atom stereocenters. The number of hydrogen-bond acceptors (Lipinski definition) is 3. The van der Waals surface area contributed by atoms with Crippen molar-refractivity contribution < 1.29 is 9.13 Å². The Balaban J connectivity index is 2.91. The molecule has 1 aromatic rings. The Kier molecular flexibility index (Phi) is 6.08. The summed E-state index contributed by atoms with van der Waals surface area (Å²) in [6, 6.07) is 1.58. The number of halogens is 1. The molecular formula is C13H21FN2O. The molecule has 2 atom stereocenters. The maximum atomic E-state index is 13.7. The summed E-state index contributed by atoms with van der Waals surface area (Å²) in [5.74, 6) is -0.285. The van der Waals surface area contributed by atoms with Crippen LogP contribution in [0.2, 0.25) is 0 Å². The van der Waals surface area contributed by atoms with Crippen LogP contribution in [0.25, 0.3) is 0 Å². The molecule has 96 valence electrons. The van der Waals surface area contributed by atoms with E-state index in [2.05, 4.69) is 17.2 Å². The third-order valence-corrected chi connectivity index (χ3v) is 2.78. The first-order valence-electron chi connectivity index (χ1n) is 6.12. The van der Waals surface area contributed by atoms with Crippen LogP contribution in [0.15, 0.2) is 18.5 Å². The average molecular weight is 240 g/mol. The second-order valence-electron chi connectivity index (χ2n) is 3.95. The van der Waals surface area contributed by atoms with Crippen molar-refractivity contribution in [3.8, 4) is 0 Å². The number of likely N-dealkylation sites (N-methyl/N-ethyl adjacent to an activating group) is 1. The predicted molar refractivity (Wildman–Crippen MR) is 66.3 cm³/mol. The van der Waals surface area contributed by atoms with Gasteiger partial charge in [0, 0.05) is 18.4 Å². The summed E-state index contributed by atoms with van der Waals surface area (Å²) < 4.78 is 19.4. The highest BCUT2D eigenvalue weighted by Crippen LogP contribution is 2.24. The van der Waals surface area contributed by atoms with Gasteiger partial charge in [-0.05, 0) is 26.5 Å². The number of rotatable bonds is 7. The van der Waals surface area contributed by atoms with Crippen molar-refractivity contribution in [3.63, 3.8) is 0 Å². The van der Waals surface area contributed by atoms with E-state index in [1.165, 1.54) is 6.20 Å². The quantitative estimate of drug-likeness (QED) is 0.795. The number of aromatic nitrogens is 1. The van der Waals surface area contributed by atoms with Crippen molar-refractivity contribution in [3.05, 3.63) is 29.8 Å². The highest BCUT2D eigenvalue weighted by molar-refractivity contribution is 5.18. The number of nitrogens with one attached hydrogen (secondary N) is 1. The summed E-state index contributed by atoms with van der Waals surface area (Å²) in [5.41, 5.74) is 0.620. The minimum atomic E-state index is -0.285. The van der Waals surface area contributed by atoms with Crippen molar-refractivity contribution in [1.82, 2.24) is 10.3 Å². The Morgan fingerprint density at radius 1 is 1.47 bits per heavy atom. The van der Waals surface area contributed by atoms with Crippen LogP contribution in [-0.2, 0) is 4.74 Å². The third kappa shape index (κ3) is 3.75. The molecule has 3 nitrogen and oxygen atoms in total. The van der Waals surface area contributed by atoms with Crippen LogP contribution in [0.3, 0.4) is 0 Å². The molecule has 17 heavy (non-hydrogen) atoms. The molecule has 0 fully saturated rings. The first-order valence-corrected chi connectivity index (χ1v) is 6.12. The van der Waals surface area contributed by atoms with Gasteiger partial charge in [-0.2, -0.15) is 0 Å². The van der Waals surface area contributed by atoms with Crippen LogP contribution in [0.1, 0.15) is 38.3 Å². The lowest BCUT2D eigenvalue weighted by atomic mass is 9.98. The van der Waals surface area contributed by atoms with Gasteiger partial charge in [-0.1, -0.05) is 13.3 Å². The molecule has 0 aliphatic carbocycles. The Morgan fingerprint density at radius 3 is 2.76 bits per heavy atom. The summed E-state index contributed by atoms with van der Waals surface area (Å²) in [6.07, 6.45) is 4.76. The van der Waals surface area contributed by atoms with E-state index in [-0.39, 0.29) is 18.0 Å². The Hall–Kier alpha value is -1.00. The first kappa shape index (κ1) is 14.1. The number of nitrogens with zero attached hydrogens (tertiary/aromatic N) is 1. The predicted octanol–water partition coefficient (Wildman–Crippen LogP) is 2.69. The van der Waals surface area contributed by atoms with E-state index in [0.29, 0.717) is 12.2 Å². The van der Waals surface area contributed by atoms with Gasteiger partial charge in [0.2, 0.25) is 0 Å². The fourth-order valence-corrected chi connectivity index (χ4v) is 2.02. The molecule has 1 rings (SSSR count). The minimum absolute atomic E-state index is 0.00750. The Labute approximate surface area is 102 Å². The molecule has 1 aromatic heterocycles. The van der Waals surface area contributed by atoms with Gasteiger partial charge in [0.25, 0.3) is 0 Å². The zero-order chi connectivity index (χ0) is 12.7. The molecule has 1 heterocycles. The van der Waals surface area contributed by atoms with Crippen molar-refractivity contribution in [2.45, 2.75) is 38.8 Å². The SMILES string of the molecule is CCCC(OCC)C(NC)c1ccncc1F. The van der Waals surface area contributed by atoms with Gasteiger partial charge in [-0.15, -0.1) is 0 Å². The molecule has 0 saturated heterocycles. The van der Waals surface area contributed by atoms with Gasteiger partial charge >= 0.3 is 0 Å². The molecule has 1 N–H and O–H groups in total. The Bertz CT molecular complexity index is 327. The van der Waals surface area contributed by atoms with Gasteiger partial charge in [-0.3, -0.25) is 4.98 Å². The highest BCUT2D eigenvalue weighted by atomic mass is 19.1.